The smallest absolute Gasteiger partial charge is 0.346 e. The molecule has 0 unspecified atom stereocenters. The lowest BCUT2D eigenvalue weighted by Crippen LogP contribution is -2.41. The Bertz CT molecular complexity index is 196. The first-order valence-electron chi connectivity index (χ1n) is 4.51. The third kappa shape index (κ3) is 9.48. The van der Waals surface area contributed by atoms with Crippen molar-refractivity contribution >= 4 is 5.91 Å². The monoisotopic (exact) mass is 227 g/mol. The zero-order chi connectivity index (χ0) is 11.9. The van der Waals surface area contributed by atoms with Crippen LogP contribution >= 0.6 is 0 Å². The summed E-state index contributed by atoms with van der Waals surface area (Å²) in [7, 11) is 3.43. The summed E-state index contributed by atoms with van der Waals surface area (Å²) in [4.78, 5) is 12.6. The first-order valence-corrected chi connectivity index (χ1v) is 4.51. The fourth-order valence-electron chi connectivity index (χ4n) is 0.882. The molecule has 0 radical (unpaired) electrons. The number of carbonyl (C=O) groups excluding carboxylic acids is 1. The number of hydrogen-bond acceptors (Lipinski definition) is 3. The molecule has 0 aromatic rings. The van der Waals surface area contributed by atoms with Crippen molar-refractivity contribution < 1.29 is 18.0 Å². The topological polar surface area (TPSA) is 44.4 Å². The van der Waals surface area contributed by atoms with Crippen molar-refractivity contribution in [3.63, 3.8) is 0 Å². The van der Waals surface area contributed by atoms with Gasteiger partial charge in [0.2, 0.25) is 5.91 Å². The van der Waals surface area contributed by atoms with Crippen LogP contribution in [0.1, 0.15) is 0 Å². The van der Waals surface area contributed by atoms with E-state index in [-0.39, 0.29) is 6.54 Å². The maximum atomic E-state index is 11.7. The third-order valence-corrected chi connectivity index (χ3v) is 1.64. The molecule has 0 spiro atoms. The summed E-state index contributed by atoms with van der Waals surface area (Å²) in [6.07, 6.45) is -4.35. The van der Waals surface area contributed by atoms with E-state index >= 15 is 0 Å². The molecule has 0 saturated heterocycles. The van der Waals surface area contributed by atoms with E-state index in [0.717, 1.165) is 0 Å². The van der Waals surface area contributed by atoms with Gasteiger partial charge in [-0.25, -0.2) is 0 Å². The van der Waals surface area contributed by atoms with Crippen LogP contribution in [0.25, 0.3) is 0 Å². The van der Waals surface area contributed by atoms with Gasteiger partial charge >= 0.3 is 6.18 Å². The van der Waals surface area contributed by atoms with E-state index in [9.17, 15) is 18.0 Å². The van der Waals surface area contributed by atoms with Gasteiger partial charge in [-0.3, -0.25) is 9.69 Å². The van der Waals surface area contributed by atoms with E-state index < -0.39 is 18.6 Å². The number of hydrogen-bond donors (Lipinski definition) is 2. The maximum Gasteiger partial charge on any atom is 0.405 e. The summed E-state index contributed by atoms with van der Waals surface area (Å²) in [5.41, 5.74) is 0. The van der Waals surface area contributed by atoms with Gasteiger partial charge in [0.05, 0.1) is 6.54 Å². The van der Waals surface area contributed by atoms with Crippen LogP contribution in [-0.4, -0.2) is 57.3 Å². The normalized spacial score (nSPS) is 11.9. The van der Waals surface area contributed by atoms with Gasteiger partial charge in [-0.05, 0) is 14.1 Å². The number of nitrogens with one attached hydrogen (secondary N) is 2. The quantitative estimate of drug-likeness (QED) is 0.661. The first kappa shape index (κ1) is 14.2. The van der Waals surface area contributed by atoms with Crippen LogP contribution in [0.2, 0.25) is 0 Å². The van der Waals surface area contributed by atoms with E-state index in [0.29, 0.717) is 13.1 Å². The Morgan fingerprint density at radius 1 is 1.40 bits per heavy atom. The molecule has 15 heavy (non-hydrogen) atoms. The minimum absolute atomic E-state index is 0.0300. The van der Waals surface area contributed by atoms with Crippen LogP contribution < -0.4 is 10.6 Å². The highest BCUT2D eigenvalue weighted by Gasteiger charge is 2.27. The number of rotatable bonds is 6. The number of halogens is 3. The largest absolute Gasteiger partial charge is 0.405 e. The van der Waals surface area contributed by atoms with E-state index in [4.69, 9.17) is 0 Å². The second kappa shape index (κ2) is 6.62. The summed E-state index contributed by atoms with van der Waals surface area (Å²) < 4.78 is 35.2. The molecule has 0 saturated carbocycles. The predicted octanol–water partition coefficient (Wildman–Crippen LogP) is -0.184. The molecule has 0 heterocycles. The van der Waals surface area contributed by atoms with Crippen molar-refractivity contribution in [3.8, 4) is 0 Å². The molecule has 0 aliphatic carbocycles. The first-order chi connectivity index (χ1) is 6.85. The molecule has 0 fully saturated rings. The zero-order valence-electron chi connectivity index (χ0n) is 8.82. The SMILES string of the molecule is CNCCN(C)CC(=O)NCC(F)(F)F. The van der Waals surface area contributed by atoms with Gasteiger partial charge < -0.3 is 10.6 Å². The number of likely N-dealkylation sites (N-methyl/N-ethyl adjacent to an activating group) is 2. The average Bonchev–Trinajstić information content (AvgIpc) is 2.10. The molecule has 7 heteroatoms. The maximum absolute atomic E-state index is 11.7. The van der Waals surface area contributed by atoms with Crippen LogP contribution in [0, 0.1) is 0 Å². The van der Waals surface area contributed by atoms with Crippen molar-refractivity contribution in [1.29, 1.82) is 0 Å². The number of nitrogens with zero attached hydrogens (tertiary/aromatic N) is 1. The molecule has 0 aromatic carbocycles. The number of alkyl halides is 3. The van der Waals surface area contributed by atoms with E-state index in [1.165, 1.54) is 0 Å². The van der Waals surface area contributed by atoms with Gasteiger partial charge in [-0.2, -0.15) is 13.2 Å². The molecule has 0 rings (SSSR count). The Hall–Kier alpha value is -0.820. The lowest BCUT2D eigenvalue weighted by atomic mass is 10.4. The van der Waals surface area contributed by atoms with Gasteiger partial charge in [-0.1, -0.05) is 0 Å². The summed E-state index contributed by atoms with van der Waals surface area (Å²) in [5.74, 6) is -0.620. The van der Waals surface area contributed by atoms with Crippen molar-refractivity contribution in [2.75, 3.05) is 40.3 Å². The predicted molar refractivity (Wildman–Crippen MR) is 50.5 cm³/mol. The molecule has 0 aromatic heterocycles. The zero-order valence-corrected chi connectivity index (χ0v) is 8.82. The second-order valence-electron chi connectivity index (χ2n) is 3.23. The highest BCUT2D eigenvalue weighted by atomic mass is 19.4. The van der Waals surface area contributed by atoms with Crippen molar-refractivity contribution in [1.82, 2.24) is 15.5 Å². The molecule has 4 nitrogen and oxygen atoms in total. The molecule has 0 aliphatic rings. The Kier molecular flexibility index (Phi) is 6.26. The Morgan fingerprint density at radius 2 is 2.00 bits per heavy atom. The second-order valence-corrected chi connectivity index (χ2v) is 3.23. The molecule has 2 N–H and O–H groups in total. The molecule has 0 bridgehead atoms. The van der Waals surface area contributed by atoms with Gasteiger partial charge in [0.15, 0.2) is 0 Å². The van der Waals surface area contributed by atoms with Crippen molar-refractivity contribution in [3.05, 3.63) is 0 Å². The average molecular weight is 227 g/mol. The van der Waals surface area contributed by atoms with Crippen LogP contribution in [0.4, 0.5) is 13.2 Å². The van der Waals surface area contributed by atoms with Gasteiger partial charge in [0.1, 0.15) is 6.54 Å². The van der Waals surface area contributed by atoms with Gasteiger partial charge in [-0.15, -0.1) is 0 Å². The highest BCUT2D eigenvalue weighted by Crippen LogP contribution is 2.11. The minimum atomic E-state index is -4.35. The van der Waals surface area contributed by atoms with E-state index in [2.05, 4.69) is 5.32 Å². The van der Waals surface area contributed by atoms with Gasteiger partial charge in [0, 0.05) is 13.1 Å². The number of carbonyl (C=O) groups is 1. The minimum Gasteiger partial charge on any atom is -0.346 e. The van der Waals surface area contributed by atoms with Crippen LogP contribution in [0.3, 0.4) is 0 Å². The molecule has 0 aliphatic heterocycles. The summed E-state index contributed by atoms with van der Waals surface area (Å²) in [5, 5.41) is 4.68. The molecular formula is C8H16F3N3O. The number of amides is 1. The van der Waals surface area contributed by atoms with Gasteiger partial charge in [0.25, 0.3) is 0 Å². The highest BCUT2D eigenvalue weighted by molar-refractivity contribution is 5.77. The van der Waals surface area contributed by atoms with Crippen LogP contribution in [0.5, 0.6) is 0 Å². The van der Waals surface area contributed by atoms with Crippen molar-refractivity contribution in [2.45, 2.75) is 6.18 Å². The molecule has 90 valence electrons. The molecular weight excluding hydrogens is 211 g/mol. The molecule has 1 amide bonds. The fraction of sp³-hybridized carbons (Fsp3) is 0.875. The van der Waals surface area contributed by atoms with E-state index in [1.54, 1.807) is 24.3 Å². The van der Waals surface area contributed by atoms with Crippen LogP contribution in [0.15, 0.2) is 0 Å². The molecule has 0 atom stereocenters. The fourth-order valence-corrected chi connectivity index (χ4v) is 0.882. The lowest BCUT2D eigenvalue weighted by molar-refractivity contribution is -0.138. The van der Waals surface area contributed by atoms with E-state index in [1.807, 2.05) is 0 Å². The standard InChI is InChI=1S/C8H16F3N3O/c1-12-3-4-14(2)5-7(15)13-6-8(9,10)11/h12H,3-6H2,1-2H3,(H,13,15). The Morgan fingerprint density at radius 3 is 2.47 bits per heavy atom. The van der Waals surface area contributed by atoms with Crippen molar-refractivity contribution in [2.24, 2.45) is 0 Å². The summed E-state index contributed by atoms with van der Waals surface area (Å²) in [6.45, 7) is -0.0115. The van der Waals surface area contributed by atoms with Crippen LogP contribution in [-0.2, 0) is 4.79 Å². The summed E-state index contributed by atoms with van der Waals surface area (Å²) in [6, 6.07) is 0. The third-order valence-electron chi connectivity index (χ3n) is 1.64. The Balaban J connectivity index is 3.64. The summed E-state index contributed by atoms with van der Waals surface area (Å²) >= 11 is 0. The Labute approximate surface area is 86.8 Å². The lowest BCUT2D eigenvalue weighted by Gasteiger charge is -2.16.